The third kappa shape index (κ3) is 2.83. The predicted molar refractivity (Wildman–Crippen MR) is 86.1 cm³/mol. The number of methoxy groups -OCH3 is 1. The maximum Gasteiger partial charge on any atom is 0.274 e. The van der Waals surface area contributed by atoms with E-state index in [2.05, 4.69) is 20.5 Å². The lowest BCUT2D eigenvalue weighted by molar-refractivity contribution is 0.0984. The van der Waals surface area contributed by atoms with Gasteiger partial charge in [0.1, 0.15) is 11.4 Å². The summed E-state index contributed by atoms with van der Waals surface area (Å²) >= 11 is 3.46. The molecule has 1 fully saturated rings. The van der Waals surface area contributed by atoms with Crippen molar-refractivity contribution in [2.75, 3.05) is 19.1 Å². The fourth-order valence-electron chi connectivity index (χ4n) is 2.37. The standard InChI is InChI=1S/C16H17BrN2O2/c1-18(12-5-7-14(21-2)8-6-12)16(20)15-9-11(17)10-19(15)13-3-4-13/h5-10,13H,3-4H2,1-2H3. The summed E-state index contributed by atoms with van der Waals surface area (Å²) in [6.07, 6.45) is 4.29. The summed E-state index contributed by atoms with van der Waals surface area (Å²) in [4.78, 5) is 14.4. The Balaban J connectivity index is 1.86. The molecule has 1 amide bonds. The van der Waals surface area contributed by atoms with E-state index in [0.717, 1.165) is 34.4 Å². The highest BCUT2D eigenvalue weighted by atomic mass is 79.9. The highest BCUT2D eigenvalue weighted by Crippen LogP contribution is 2.38. The molecule has 110 valence electrons. The van der Waals surface area contributed by atoms with Crippen molar-refractivity contribution in [2.45, 2.75) is 18.9 Å². The minimum absolute atomic E-state index is 0.00207. The number of benzene rings is 1. The van der Waals surface area contributed by atoms with Crippen molar-refractivity contribution in [3.05, 3.63) is 46.7 Å². The van der Waals surface area contributed by atoms with Crippen LogP contribution in [0.3, 0.4) is 0 Å². The Hall–Kier alpha value is -1.75. The summed E-state index contributed by atoms with van der Waals surface area (Å²) in [5, 5.41) is 0. The van der Waals surface area contributed by atoms with Gasteiger partial charge >= 0.3 is 0 Å². The van der Waals surface area contributed by atoms with E-state index in [0.29, 0.717) is 6.04 Å². The van der Waals surface area contributed by atoms with Gasteiger partial charge in [-0.05, 0) is 59.1 Å². The zero-order valence-electron chi connectivity index (χ0n) is 12.0. The van der Waals surface area contributed by atoms with Gasteiger partial charge in [-0.1, -0.05) is 0 Å². The highest BCUT2D eigenvalue weighted by Gasteiger charge is 2.29. The minimum Gasteiger partial charge on any atom is -0.497 e. The van der Waals surface area contributed by atoms with E-state index in [1.807, 2.05) is 36.5 Å². The fourth-order valence-corrected chi connectivity index (χ4v) is 2.80. The van der Waals surface area contributed by atoms with Crippen molar-refractivity contribution in [1.29, 1.82) is 0 Å². The van der Waals surface area contributed by atoms with Gasteiger partial charge in [0.2, 0.25) is 0 Å². The normalized spacial score (nSPS) is 14.0. The molecule has 1 aliphatic rings. The molecule has 0 aliphatic heterocycles. The van der Waals surface area contributed by atoms with Gasteiger partial charge in [0.15, 0.2) is 0 Å². The van der Waals surface area contributed by atoms with Crippen molar-refractivity contribution in [3.63, 3.8) is 0 Å². The highest BCUT2D eigenvalue weighted by molar-refractivity contribution is 9.10. The van der Waals surface area contributed by atoms with E-state index in [4.69, 9.17) is 4.74 Å². The van der Waals surface area contributed by atoms with Crippen molar-refractivity contribution < 1.29 is 9.53 Å². The Morgan fingerprint density at radius 1 is 1.33 bits per heavy atom. The van der Waals surface area contributed by atoms with Crippen molar-refractivity contribution in [3.8, 4) is 5.75 Å². The average Bonchev–Trinajstić information content (AvgIpc) is 3.28. The molecule has 5 heteroatoms. The number of nitrogens with zero attached hydrogens (tertiary/aromatic N) is 2. The van der Waals surface area contributed by atoms with E-state index in [9.17, 15) is 4.79 Å². The molecule has 0 N–H and O–H groups in total. The molecular formula is C16H17BrN2O2. The Morgan fingerprint density at radius 3 is 2.57 bits per heavy atom. The number of aromatic nitrogens is 1. The molecule has 4 nitrogen and oxygen atoms in total. The van der Waals surface area contributed by atoms with Gasteiger partial charge in [-0.15, -0.1) is 0 Å². The fraction of sp³-hybridized carbons (Fsp3) is 0.312. The van der Waals surface area contributed by atoms with Gasteiger partial charge in [-0.3, -0.25) is 4.79 Å². The molecule has 21 heavy (non-hydrogen) atoms. The number of hydrogen-bond donors (Lipinski definition) is 0. The first kappa shape index (κ1) is 14.2. The van der Waals surface area contributed by atoms with Crippen LogP contribution in [-0.4, -0.2) is 24.6 Å². The molecule has 0 unspecified atom stereocenters. The second-order valence-corrected chi connectivity index (χ2v) is 6.16. The number of amides is 1. The molecule has 0 atom stereocenters. The topological polar surface area (TPSA) is 34.5 Å². The predicted octanol–water partition coefficient (Wildman–Crippen LogP) is 3.87. The summed E-state index contributed by atoms with van der Waals surface area (Å²) in [6.45, 7) is 0. The van der Waals surface area contributed by atoms with E-state index < -0.39 is 0 Å². The number of carbonyl (C=O) groups is 1. The number of rotatable bonds is 4. The third-order valence-electron chi connectivity index (χ3n) is 3.74. The van der Waals surface area contributed by atoms with Gasteiger partial charge in [-0.2, -0.15) is 0 Å². The van der Waals surface area contributed by atoms with Crippen LogP contribution < -0.4 is 9.64 Å². The Labute approximate surface area is 132 Å². The van der Waals surface area contributed by atoms with Crippen LogP contribution in [0.5, 0.6) is 5.75 Å². The van der Waals surface area contributed by atoms with Crippen LogP contribution in [0.4, 0.5) is 5.69 Å². The number of hydrogen-bond acceptors (Lipinski definition) is 2. The summed E-state index contributed by atoms with van der Waals surface area (Å²) in [5.74, 6) is 0.779. The molecule has 1 aromatic carbocycles. The molecule has 2 aromatic rings. The average molecular weight is 349 g/mol. The zero-order valence-corrected chi connectivity index (χ0v) is 13.6. The van der Waals surface area contributed by atoms with Gasteiger partial charge in [0.05, 0.1) is 7.11 Å². The van der Waals surface area contributed by atoms with Crippen LogP contribution in [0.25, 0.3) is 0 Å². The lowest BCUT2D eigenvalue weighted by Gasteiger charge is -2.18. The molecule has 1 saturated carbocycles. The van der Waals surface area contributed by atoms with E-state index in [-0.39, 0.29) is 5.91 Å². The van der Waals surface area contributed by atoms with Crippen molar-refractivity contribution >= 4 is 27.5 Å². The van der Waals surface area contributed by atoms with Crippen LogP contribution in [0.1, 0.15) is 29.4 Å². The van der Waals surface area contributed by atoms with Crippen molar-refractivity contribution in [1.82, 2.24) is 4.57 Å². The number of anilines is 1. The number of halogens is 1. The minimum atomic E-state index is -0.00207. The molecular weight excluding hydrogens is 332 g/mol. The van der Waals surface area contributed by atoms with Crippen LogP contribution in [0.2, 0.25) is 0 Å². The molecule has 1 aromatic heterocycles. The summed E-state index contributed by atoms with van der Waals surface area (Å²) in [7, 11) is 3.42. The summed E-state index contributed by atoms with van der Waals surface area (Å²) in [6, 6.07) is 9.84. The summed E-state index contributed by atoms with van der Waals surface area (Å²) in [5.41, 5.74) is 1.57. The number of carbonyl (C=O) groups excluding carboxylic acids is 1. The molecule has 1 aliphatic carbocycles. The Kier molecular flexibility index (Phi) is 3.76. The second-order valence-electron chi connectivity index (χ2n) is 5.24. The van der Waals surface area contributed by atoms with Gasteiger partial charge in [-0.25, -0.2) is 0 Å². The Bertz CT molecular complexity index is 659. The second kappa shape index (κ2) is 5.56. The maximum atomic E-state index is 12.7. The maximum absolute atomic E-state index is 12.7. The van der Waals surface area contributed by atoms with E-state index in [1.165, 1.54) is 0 Å². The smallest absolute Gasteiger partial charge is 0.274 e. The molecule has 0 radical (unpaired) electrons. The lowest BCUT2D eigenvalue weighted by Crippen LogP contribution is -2.28. The molecule has 0 bridgehead atoms. The third-order valence-corrected chi connectivity index (χ3v) is 4.17. The largest absolute Gasteiger partial charge is 0.497 e. The van der Waals surface area contributed by atoms with Crippen LogP contribution in [0, 0.1) is 0 Å². The van der Waals surface area contributed by atoms with E-state index in [1.54, 1.807) is 19.1 Å². The van der Waals surface area contributed by atoms with Gasteiger partial charge in [0, 0.05) is 29.4 Å². The summed E-state index contributed by atoms with van der Waals surface area (Å²) < 4.78 is 8.16. The first-order valence-corrected chi connectivity index (χ1v) is 7.69. The van der Waals surface area contributed by atoms with Gasteiger partial charge in [0.25, 0.3) is 5.91 Å². The molecule has 3 rings (SSSR count). The van der Waals surface area contributed by atoms with Crippen LogP contribution in [0.15, 0.2) is 41.0 Å². The molecule has 1 heterocycles. The zero-order chi connectivity index (χ0) is 15.0. The Morgan fingerprint density at radius 2 is 2.00 bits per heavy atom. The SMILES string of the molecule is COc1ccc(N(C)C(=O)c2cc(Br)cn2C2CC2)cc1. The van der Waals surface area contributed by atoms with Gasteiger partial charge < -0.3 is 14.2 Å². The van der Waals surface area contributed by atoms with Crippen molar-refractivity contribution in [2.24, 2.45) is 0 Å². The molecule has 0 spiro atoms. The van der Waals surface area contributed by atoms with E-state index >= 15 is 0 Å². The van der Waals surface area contributed by atoms with Crippen LogP contribution >= 0.6 is 15.9 Å². The van der Waals surface area contributed by atoms with Crippen LogP contribution in [-0.2, 0) is 0 Å². The molecule has 0 saturated heterocycles. The first-order valence-electron chi connectivity index (χ1n) is 6.89. The quantitative estimate of drug-likeness (QED) is 0.840. The number of ether oxygens (including phenoxy) is 1. The lowest BCUT2D eigenvalue weighted by atomic mass is 10.2. The monoisotopic (exact) mass is 348 g/mol. The first-order chi connectivity index (χ1) is 10.1.